The number of hydrogen-bond donors (Lipinski definition) is 1. The van der Waals surface area contributed by atoms with Crippen molar-refractivity contribution in [3.05, 3.63) is 46.6 Å². The van der Waals surface area contributed by atoms with Crippen LogP contribution in [0.5, 0.6) is 0 Å². The van der Waals surface area contributed by atoms with Gasteiger partial charge < -0.3 is 5.32 Å². The third-order valence-corrected chi connectivity index (χ3v) is 7.63. The van der Waals surface area contributed by atoms with Crippen molar-refractivity contribution in [3.63, 3.8) is 0 Å². The van der Waals surface area contributed by atoms with E-state index in [1.165, 1.54) is 23.8 Å². The van der Waals surface area contributed by atoms with Crippen LogP contribution in [0.2, 0.25) is 0 Å². The minimum absolute atomic E-state index is 0.0826. The van der Waals surface area contributed by atoms with Crippen molar-refractivity contribution in [3.8, 4) is 22.6 Å². The molecule has 2 bridgehead atoms. The summed E-state index contributed by atoms with van der Waals surface area (Å²) in [6.07, 6.45) is 2.34. The van der Waals surface area contributed by atoms with Gasteiger partial charge in [0.05, 0.1) is 12.1 Å². The summed E-state index contributed by atoms with van der Waals surface area (Å²) in [6.45, 7) is 0. The van der Waals surface area contributed by atoms with E-state index in [4.69, 9.17) is 5.26 Å². The number of hydrogen-bond acceptors (Lipinski definition) is 5. The Labute approximate surface area is 166 Å². The third kappa shape index (κ3) is 2.76. The highest BCUT2D eigenvalue weighted by molar-refractivity contribution is 7.16. The van der Waals surface area contributed by atoms with Gasteiger partial charge >= 0.3 is 0 Å². The molecule has 1 N–H and O–H groups in total. The van der Waals surface area contributed by atoms with Gasteiger partial charge in [0.25, 0.3) is 0 Å². The van der Waals surface area contributed by atoms with Gasteiger partial charge in [-0.3, -0.25) is 4.79 Å². The minimum atomic E-state index is -0.832. The van der Waals surface area contributed by atoms with Crippen LogP contribution in [0.25, 0.3) is 10.4 Å². The first-order valence-electron chi connectivity index (χ1n) is 9.57. The lowest BCUT2D eigenvalue weighted by atomic mass is 9.85. The Bertz CT molecular complexity index is 1050. The fraction of sp³-hybridized carbons (Fsp3) is 0.409. The van der Waals surface area contributed by atoms with E-state index in [1.807, 2.05) is 0 Å². The van der Waals surface area contributed by atoms with Crippen LogP contribution in [-0.4, -0.2) is 17.9 Å². The van der Waals surface area contributed by atoms with E-state index < -0.39 is 11.7 Å². The number of piperidine rings is 1. The lowest BCUT2D eigenvalue weighted by Crippen LogP contribution is -2.45. The highest BCUT2D eigenvalue weighted by Gasteiger charge is 2.62. The Kier molecular flexibility index (Phi) is 4.08. The predicted molar refractivity (Wildman–Crippen MR) is 103 cm³/mol. The van der Waals surface area contributed by atoms with Gasteiger partial charge in [0.2, 0.25) is 0 Å². The van der Waals surface area contributed by atoms with Crippen molar-refractivity contribution >= 4 is 17.1 Å². The number of halogens is 1. The highest BCUT2D eigenvalue weighted by atomic mass is 32.1. The number of carbonyl (C=O) groups is 1. The maximum atomic E-state index is 14.7. The molecule has 1 saturated heterocycles. The van der Waals surface area contributed by atoms with Crippen molar-refractivity contribution in [1.29, 1.82) is 10.5 Å². The summed E-state index contributed by atoms with van der Waals surface area (Å²) < 4.78 is 14.7. The Hall–Kier alpha value is -2.54. The van der Waals surface area contributed by atoms with Crippen LogP contribution in [0.4, 0.5) is 4.39 Å². The first-order chi connectivity index (χ1) is 13.6. The number of nitrogens with one attached hydrogen (secondary N) is 1. The number of nitrogens with zero attached hydrogens (tertiary/aromatic N) is 2. The van der Waals surface area contributed by atoms with Gasteiger partial charge in [0, 0.05) is 10.9 Å². The second-order valence-electron chi connectivity index (χ2n) is 8.08. The molecule has 3 aliphatic rings. The zero-order valence-corrected chi connectivity index (χ0v) is 15.9. The first-order valence-corrected chi connectivity index (χ1v) is 10.4. The summed E-state index contributed by atoms with van der Waals surface area (Å²) in [5.41, 5.74) is 1.08. The number of thiophene rings is 1. The van der Waals surface area contributed by atoms with Crippen LogP contribution in [0.1, 0.15) is 23.3 Å². The molecule has 28 heavy (non-hydrogen) atoms. The number of benzene rings is 1. The second-order valence-corrected chi connectivity index (χ2v) is 9.17. The zero-order valence-electron chi connectivity index (χ0n) is 15.1. The van der Waals surface area contributed by atoms with E-state index in [0.717, 1.165) is 17.2 Å². The summed E-state index contributed by atoms with van der Waals surface area (Å²) in [7, 11) is 0. The Morgan fingerprint density at radius 2 is 2.07 bits per heavy atom. The summed E-state index contributed by atoms with van der Waals surface area (Å²) in [4.78, 5) is 14.3. The maximum absolute atomic E-state index is 14.7. The molecule has 0 unspecified atom stereocenters. The van der Waals surface area contributed by atoms with Crippen LogP contribution in [0.3, 0.4) is 0 Å². The molecule has 2 saturated carbocycles. The number of ketones is 1. The number of Topliss-reactive ketones (excluding diaryl/α,β-unsaturated/α-hetero) is 1. The molecule has 0 spiro atoms. The minimum Gasteiger partial charge on any atom is -0.304 e. The molecule has 2 aromatic rings. The molecule has 6 heteroatoms. The summed E-state index contributed by atoms with van der Waals surface area (Å²) in [5.74, 6) is 0.416. The van der Waals surface area contributed by atoms with Gasteiger partial charge in [-0.1, -0.05) is 12.1 Å². The van der Waals surface area contributed by atoms with Crippen LogP contribution in [0.15, 0.2) is 30.3 Å². The monoisotopic (exact) mass is 391 g/mol. The van der Waals surface area contributed by atoms with Crippen LogP contribution in [-0.2, 0) is 11.2 Å². The van der Waals surface area contributed by atoms with E-state index in [1.54, 1.807) is 24.3 Å². The molecule has 1 aromatic heterocycles. The zero-order chi connectivity index (χ0) is 19.4. The fourth-order valence-corrected chi connectivity index (χ4v) is 5.92. The standard InChI is InChI=1S/C22H18FN3OS/c23-18-6-12(20-4-3-14(10-25)28-20)2-1-11(18)5-13(9-24)22(27)21-17-8-19(26-21)16-7-15(16)17/h1-4,6,13,15-17,19,21,26H,5,7-8H2/t13-,15+,16-,17-,19-,21-/m0/s1. The number of carbonyl (C=O) groups excluding carboxylic acids is 1. The van der Waals surface area contributed by atoms with E-state index >= 15 is 0 Å². The van der Waals surface area contributed by atoms with Gasteiger partial charge in [-0.15, -0.1) is 11.3 Å². The van der Waals surface area contributed by atoms with Crippen molar-refractivity contribution in [2.75, 3.05) is 0 Å². The molecule has 140 valence electrons. The molecular formula is C22H18FN3OS. The number of nitriles is 2. The predicted octanol–water partition coefficient (Wildman–Crippen LogP) is 3.67. The van der Waals surface area contributed by atoms with Gasteiger partial charge in [-0.05, 0) is 66.3 Å². The van der Waals surface area contributed by atoms with Gasteiger partial charge in [-0.25, -0.2) is 4.39 Å². The van der Waals surface area contributed by atoms with E-state index in [-0.39, 0.29) is 18.2 Å². The van der Waals surface area contributed by atoms with Gasteiger partial charge in [0.15, 0.2) is 5.78 Å². The summed E-state index contributed by atoms with van der Waals surface area (Å²) in [6, 6.07) is 12.8. The molecule has 3 fully saturated rings. The molecule has 5 rings (SSSR count). The average Bonchev–Trinajstić information content (AvgIpc) is 3.06. The lowest BCUT2D eigenvalue weighted by molar-refractivity contribution is -0.124. The quantitative estimate of drug-likeness (QED) is 0.844. The van der Waals surface area contributed by atoms with Gasteiger partial charge in [0.1, 0.15) is 22.7 Å². The van der Waals surface area contributed by atoms with Crippen LogP contribution < -0.4 is 5.32 Å². The smallest absolute Gasteiger partial charge is 0.167 e. The average molecular weight is 391 g/mol. The Morgan fingerprint density at radius 3 is 2.71 bits per heavy atom. The Balaban J connectivity index is 1.32. The molecule has 6 atom stereocenters. The van der Waals surface area contributed by atoms with E-state index in [9.17, 15) is 14.4 Å². The summed E-state index contributed by atoms with van der Waals surface area (Å²) >= 11 is 1.31. The topological polar surface area (TPSA) is 76.7 Å². The van der Waals surface area contributed by atoms with Crippen molar-refractivity contribution < 1.29 is 9.18 Å². The highest BCUT2D eigenvalue weighted by Crippen LogP contribution is 2.60. The molecule has 2 aliphatic carbocycles. The number of fused-ring (bicyclic) bond motifs is 5. The molecule has 1 aliphatic heterocycles. The second kappa shape index (κ2) is 6.51. The largest absolute Gasteiger partial charge is 0.304 e. The summed E-state index contributed by atoms with van der Waals surface area (Å²) in [5, 5.41) is 21.9. The maximum Gasteiger partial charge on any atom is 0.167 e. The fourth-order valence-electron chi connectivity index (χ4n) is 5.12. The molecular weight excluding hydrogens is 373 g/mol. The molecule has 1 aromatic carbocycles. The molecule has 4 nitrogen and oxygen atoms in total. The SMILES string of the molecule is N#Cc1ccc(-c2ccc(C[C@@H](C#N)C(=O)[C@H]3N[C@H]4C[C@H]3[C@@H]3C[C@@H]34)c(F)c2)s1. The van der Waals surface area contributed by atoms with Gasteiger partial charge in [-0.2, -0.15) is 10.5 Å². The first kappa shape index (κ1) is 17.6. The molecule has 0 radical (unpaired) electrons. The molecule has 0 amide bonds. The molecule has 2 heterocycles. The van der Waals surface area contributed by atoms with Crippen molar-refractivity contribution in [2.45, 2.75) is 31.3 Å². The van der Waals surface area contributed by atoms with Crippen LogP contribution >= 0.6 is 11.3 Å². The normalized spacial score (nSPS) is 30.3. The van der Waals surface area contributed by atoms with Crippen molar-refractivity contribution in [1.82, 2.24) is 5.32 Å². The van der Waals surface area contributed by atoms with E-state index in [2.05, 4.69) is 17.5 Å². The van der Waals surface area contributed by atoms with Crippen LogP contribution in [0, 0.1) is 52.2 Å². The third-order valence-electron chi connectivity index (χ3n) is 6.59. The Morgan fingerprint density at radius 1 is 1.21 bits per heavy atom. The lowest BCUT2D eigenvalue weighted by Gasteiger charge is -2.23. The number of rotatable bonds is 5. The van der Waals surface area contributed by atoms with E-state index in [0.29, 0.717) is 33.9 Å². The van der Waals surface area contributed by atoms with Crippen molar-refractivity contribution in [2.24, 2.45) is 23.7 Å².